The molecule has 0 aliphatic heterocycles. The molecule has 0 unspecified atom stereocenters. The van der Waals surface area contributed by atoms with E-state index < -0.39 is 0 Å². The van der Waals surface area contributed by atoms with E-state index in [2.05, 4.69) is 15.2 Å². The highest BCUT2D eigenvalue weighted by molar-refractivity contribution is 5.62. The Morgan fingerprint density at radius 3 is 2.93 bits per heavy atom. The minimum atomic E-state index is 0.365. The van der Waals surface area contributed by atoms with Gasteiger partial charge in [-0.2, -0.15) is 10.4 Å². The first kappa shape index (κ1) is 8.26. The molecule has 5 heteroatoms. The number of nitrogens with two attached hydrogens (primary N) is 1. The quantitative estimate of drug-likeness (QED) is 0.691. The lowest BCUT2D eigenvalue weighted by atomic mass is 10.2. The molecule has 0 aromatic carbocycles. The first-order valence-electron chi connectivity index (χ1n) is 3.97. The summed E-state index contributed by atoms with van der Waals surface area (Å²) in [4.78, 5) is 3.86. The fourth-order valence-electron chi connectivity index (χ4n) is 1.14. The first-order valence-corrected chi connectivity index (χ1v) is 3.97. The number of nitrogen functional groups attached to an aromatic ring is 1. The molecule has 0 saturated heterocycles. The van der Waals surface area contributed by atoms with Gasteiger partial charge in [-0.15, -0.1) is 0 Å². The Hall–Kier alpha value is -2.35. The molecule has 14 heavy (non-hydrogen) atoms. The van der Waals surface area contributed by atoms with Crippen LogP contribution in [0.25, 0.3) is 11.3 Å². The zero-order valence-corrected chi connectivity index (χ0v) is 7.23. The van der Waals surface area contributed by atoms with Crippen molar-refractivity contribution in [1.82, 2.24) is 15.2 Å². The van der Waals surface area contributed by atoms with Crippen molar-refractivity contribution in [3.05, 3.63) is 30.1 Å². The van der Waals surface area contributed by atoms with Gasteiger partial charge in [0.25, 0.3) is 0 Å². The second-order valence-electron chi connectivity index (χ2n) is 2.75. The molecule has 0 spiro atoms. The molecule has 68 valence electrons. The molecule has 0 fully saturated rings. The fourth-order valence-corrected chi connectivity index (χ4v) is 1.14. The van der Waals surface area contributed by atoms with E-state index >= 15 is 0 Å². The van der Waals surface area contributed by atoms with Gasteiger partial charge in [0.2, 0.25) is 0 Å². The third-order valence-electron chi connectivity index (χ3n) is 1.77. The third-order valence-corrected chi connectivity index (χ3v) is 1.77. The minimum Gasteiger partial charge on any atom is -0.384 e. The van der Waals surface area contributed by atoms with E-state index in [1.54, 1.807) is 24.4 Å². The molecule has 0 bridgehead atoms. The van der Waals surface area contributed by atoms with E-state index in [0.29, 0.717) is 17.2 Å². The number of pyridine rings is 1. The zero-order valence-electron chi connectivity index (χ0n) is 7.23. The summed E-state index contributed by atoms with van der Waals surface area (Å²) in [7, 11) is 0. The molecule has 5 nitrogen and oxygen atoms in total. The Morgan fingerprint density at radius 1 is 1.43 bits per heavy atom. The van der Waals surface area contributed by atoms with Crippen LogP contribution >= 0.6 is 0 Å². The SMILES string of the molecule is N#Cc1cc(-c2cc(N)[nH]n2)ccn1. The molecular formula is C9H7N5. The smallest absolute Gasteiger partial charge is 0.141 e. The van der Waals surface area contributed by atoms with Crippen molar-refractivity contribution in [2.45, 2.75) is 0 Å². The molecule has 0 atom stereocenters. The van der Waals surface area contributed by atoms with Gasteiger partial charge in [-0.05, 0) is 12.1 Å². The molecule has 0 aliphatic rings. The Morgan fingerprint density at radius 2 is 2.29 bits per heavy atom. The van der Waals surface area contributed by atoms with Gasteiger partial charge in [0.1, 0.15) is 17.6 Å². The largest absolute Gasteiger partial charge is 0.384 e. The van der Waals surface area contributed by atoms with Crippen molar-refractivity contribution in [3.8, 4) is 17.3 Å². The maximum Gasteiger partial charge on any atom is 0.141 e. The van der Waals surface area contributed by atoms with Crippen molar-refractivity contribution in [1.29, 1.82) is 5.26 Å². The van der Waals surface area contributed by atoms with Gasteiger partial charge in [-0.3, -0.25) is 5.10 Å². The van der Waals surface area contributed by atoms with Crippen LogP contribution in [0.2, 0.25) is 0 Å². The van der Waals surface area contributed by atoms with E-state index in [0.717, 1.165) is 5.56 Å². The normalized spacial score (nSPS) is 9.64. The fraction of sp³-hybridized carbons (Fsp3) is 0. The van der Waals surface area contributed by atoms with Crippen LogP contribution in [0.3, 0.4) is 0 Å². The highest BCUT2D eigenvalue weighted by Crippen LogP contribution is 2.17. The van der Waals surface area contributed by atoms with Crippen LogP contribution in [0, 0.1) is 11.3 Å². The Bertz CT molecular complexity index is 494. The summed E-state index contributed by atoms with van der Waals surface area (Å²) in [5, 5.41) is 15.3. The van der Waals surface area contributed by atoms with Crippen LogP contribution in [0.15, 0.2) is 24.4 Å². The summed E-state index contributed by atoms with van der Waals surface area (Å²) < 4.78 is 0. The number of anilines is 1. The number of nitrogens with zero attached hydrogens (tertiary/aromatic N) is 3. The standard InChI is InChI=1S/C9H7N5/c10-5-7-3-6(1-2-12-7)8-4-9(11)14-13-8/h1-4H,(H3,11,13,14). The molecule has 2 heterocycles. The predicted octanol–water partition coefficient (Wildman–Crippen LogP) is 0.926. The van der Waals surface area contributed by atoms with Crippen molar-refractivity contribution >= 4 is 5.82 Å². The summed E-state index contributed by atoms with van der Waals surface area (Å²) in [5.74, 6) is 0.496. The third kappa shape index (κ3) is 1.41. The van der Waals surface area contributed by atoms with Crippen molar-refractivity contribution in [2.75, 3.05) is 5.73 Å². The van der Waals surface area contributed by atoms with Crippen molar-refractivity contribution in [2.24, 2.45) is 0 Å². The lowest BCUT2D eigenvalue weighted by molar-refractivity contribution is 1.10. The molecule has 3 N–H and O–H groups in total. The van der Waals surface area contributed by atoms with Gasteiger partial charge in [-0.1, -0.05) is 0 Å². The monoisotopic (exact) mass is 185 g/mol. The molecular weight excluding hydrogens is 178 g/mol. The van der Waals surface area contributed by atoms with Crippen LogP contribution in [0.5, 0.6) is 0 Å². The molecule has 0 saturated carbocycles. The average Bonchev–Trinajstić information content (AvgIpc) is 2.65. The lowest BCUT2D eigenvalue weighted by Gasteiger charge is -1.94. The Balaban J connectivity index is 2.47. The van der Waals surface area contributed by atoms with E-state index in [-0.39, 0.29) is 0 Å². The minimum absolute atomic E-state index is 0.365. The second-order valence-corrected chi connectivity index (χ2v) is 2.75. The Labute approximate surface area is 80.2 Å². The summed E-state index contributed by atoms with van der Waals surface area (Å²) in [6, 6.07) is 7.10. The van der Waals surface area contributed by atoms with Gasteiger partial charge < -0.3 is 5.73 Å². The average molecular weight is 185 g/mol. The summed E-state index contributed by atoms with van der Waals surface area (Å²) >= 11 is 0. The molecule has 0 radical (unpaired) electrons. The molecule has 2 aromatic rings. The molecule has 0 aliphatic carbocycles. The van der Waals surface area contributed by atoms with E-state index in [4.69, 9.17) is 11.0 Å². The highest BCUT2D eigenvalue weighted by atomic mass is 15.2. The Kier molecular flexibility index (Phi) is 1.88. The van der Waals surface area contributed by atoms with Gasteiger partial charge in [0, 0.05) is 17.8 Å². The van der Waals surface area contributed by atoms with Crippen LogP contribution in [-0.2, 0) is 0 Å². The zero-order chi connectivity index (χ0) is 9.97. The predicted molar refractivity (Wildman–Crippen MR) is 50.9 cm³/mol. The number of H-pyrrole nitrogens is 1. The van der Waals surface area contributed by atoms with Crippen LogP contribution in [-0.4, -0.2) is 15.2 Å². The highest BCUT2D eigenvalue weighted by Gasteiger charge is 2.02. The van der Waals surface area contributed by atoms with E-state index in [9.17, 15) is 0 Å². The van der Waals surface area contributed by atoms with Gasteiger partial charge in [0.05, 0.1) is 5.69 Å². The first-order chi connectivity index (χ1) is 6.79. The summed E-state index contributed by atoms with van der Waals surface area (Å²) in [5.41, 5.74) is 7.39. The lowest BCUT2D eigenvalue weighted by Crippen LogP contribution is -1.83. The van der Waals surface area contributed by atoms with Crippen LogP contribution in [0.4, 0.5) is 5.82 Å². The van der Waals surface area contributed by atoms with Crippen molar-refractivity contribution < 1.29 is 0 Å². The number of nitrogens with one attached hydrogen (secondary N) is 1. The van der Waals surface area contributed by atoms with Crippen molar-refractivity contribution in [3.63, 3.8) is 0 Å². The number of hydrogen-bond acceptors (Lipinski definition) is 4. The maximum atomic E-state index is 8.65. The van der Waals surface area contributed by atoms with Gasteiger partial charge >= 0.3 is 0 Å². The molecule has 2 rings (SSSR count). The summed E-state index contributed by atoms with van der Waals surface area (Å²) in [6.07, 6.45) is 1.57. The number of rotatable bonds is 1. The van der Waals surface area contributed by atoms with Gasteiger partial charge in [-0.25, -0.2) is 4.98 Å². The number of nitriles is 1. The number of aromatic amines is 1. The summed E-state index contributed by atoms with van der Waals surface area (Å²) in [6.45, 7) is 0. The van der Waals surface area contributed by atoms with Crippen LogP contribution in [0.1, 0.15) is 5.69 Å². The van der Waals surface area contributed by atoms with E-state index in [1.165, 1.54) is 0 Å². The topological polar surface area (TPSA) is 91.4 Å². The van der Waals surface area contributed by atoms with Gasteiger partial charge in [0.15, 0.2) is 0 Å². The molecule has 0 amide bonds. The molecule has 2 aromatic heterocycles. The van der Waals surface area contributed by atoms with Crippen LogP contribution < -0.4 is 5.73 Å². The number of aromatic nitrogens is 3. The second kappa shape index (κ2) is 3.18. The number of hydrogen-bond donors (Lipinski definition) is 2. The maximum absolute atomic E-state index is 8.65. The van der Waals surface area contributed by atoms with E-state index in [1.807, 2.05) is 6.07 Å².